The highest BCUT2D eigenvalue weighted by atomic mass is 32.1. The lowest BCUT2D eigenvalue weighted by Crippen LogP contribution is -2.32. The van der Waals surface area contributed by atoms with Gasteiger partial charge in [0.05, 0.1) is 6.04 Å². The smallest absolute Gasteiger partial charge is 0.319 e. The zero-order valence-corrected chi connectivity index (χ0v) is 13.7. The maximum absolute atomic E-state index is 12.2. The fraction of sp³-hybridized carbons (Fsp3) is 0.188. The van der Waals surface area contributed by atoms with Crippen LogP contribution in [0.5, 0.6) is 0 Å². The fourth-order valence-corrected chi connectivity index (χ4v) is 3.03. The van der Waals surface area contributed by atoms with Gasteiger partial charge in [-0.1, -0.05) is 18.2 Å². The Morgan fingerprint density at radius 3 is 2.87 bits per heavy atom. The zero-order chi connectivity index (χ0) is 16.2. The van der Waals surface area contributed by atoms with Gasteiger partial charge in [0.15, 0.2) is 5.82 Å². The van der Waals surface area contributed by atoms with Gasteiger partial charge >= 0.3 is 6.03 Å². The molecule has 7 heteroatoms. The second-order valence-corrected chi connectivity index (χ2v) is 6.13. The topological polar surface area (TPSA) is 71.8 Å². The lowest BCUT2D eigenvalue weighted by Gasteiger charge is -2.14. The molecule has 0 bridgehead atoms. The summed E-state index contributed by atoms with van der Waals surface area (Å²) in [5.41, 5.74) is 1.83. The Labute approximate surface area is 138 Å². The molecule has 118 valence electrons. The number of aryl methyl sites for hydroxylation is 1. The van der Waals surface area contributed by atoms with Gasteiger partial charge < -0.3 is 15.2 Å². The third kappa shape index (κ3) is 3.57. The standard InChI is InChI=1S/C16H17N5OS/c1-11(15-20-17-10-21(15)2)18-16(22)19-13-6-3-5-12(9-13)14-7-4-8-23-14/h3-11H,1-2H3,(H2,18,19,22)/t11-/m0/s1. The van der Waals surface area contributed by atoms with Crippen LogP contribution in [0.25, 0.3) is 10.4 Å². The number of anilines is 1. The van der Waals surface area contributed by atoms with Crippen LogP contribution in [0, 0.1) is 0 Å². The normalized spacial score (nSPS) is 11.9. The Morgan fingerprint density at radius 2 is 2.17 bits per heavy atom. The molecule has 0 unspecified atom stereocenters. The maximum Gasteiger partial charge on any atom is 0.319 e. The number of aromatic nitrogens is 3. The molecule has 2 aromatic heterocycles. The van der Waals surface area contributed by atoms with Crippen molar-refractivity contribution < 1.29 is 4.79 Å². The highest BCUT2D eigenvalue weighted by Crippen LogP contribution is 2.26. The number of nitrogens with zero attached hydrogens (tertiary/aromatic N) is 3. The molecule has 1 atom stereocenters. The summed E-state index contributed by atoms with van der Waals surface area (Å²) in [6.07, 6.45) is 1.61. The van der Waals surface area contributed by atoms with Crippen LogP contribution < -0.4 is 10.6 Å². The summed E-state index contributed by atoms with van der Waals surface area (Å²) in [6.45, 7) is 1.87. The average Bonchev–Trinajstić information content (AvgIpc) is 3.18. The Kier molecular flexibility index (Phi) is 4.38. The first-order valence-electron chi connectivity index (χ1n) is 7.19. The molecule has 3 rings (SSSR count). The number of nitrogens with one attached hydrogen (secondary N) is 2. The minimum Gasteiger partial charge on any atom is -0.328 e. The van der Waals surface area contributed by atoms with Crippen molar-refractivity contribution in [3.8, 4) is 10.4 Å². The molecule has 3 aromatic rings. The quantitative estimate of drug-likeness (QED) is 0.771. The molecule has 0 aliphatic carbocycles. The summed E-state index contributed by atoms with van der Waals surface area (Å²) in [5.74, 6) is 0.701. The van der Waals surface area contributed by atoms with E-state index in [0.717, 1.165) is 11.3 Å². The van der Waals surface area contributed by atoms with E-state index in [1.165, 1.54) is 4.88 Å². The van der Waals surface area contributed by atoms with Crippen LogP contribution in [0.15, 0.2) is 48.1 Å². The van der Waals surface area contributed by atoms with Crippen molar-refractivity contribution >= 4 is 23.1 Å². The van der Waals surface area contributed by atoms with Crippen molar-refractivity contribution in [1.29, 1.82) is 0 Å². The number of hydrogen-bond donors (Lipinski definition) is 2. The monoisotopic (exact) mass is 327 g/mol. The minimum absolute atomic E-state index is 0.233. The van der Waals surface area contributed by atoms with Gasteiger partial charge in [-0.2, -0.15) is 0 Å². The number of hydrogen-bond acceptors (Lipinski definition) is 4. The molecule has 2 N–H and O–H groups in total. The van der Waals surface area contributed by atoms with E-state index < -0.39 is 0 Å². The third-order valence-electron chi connectivity index (χ3n) is 3.41. The van der Waals surface area contributed by atoms with Gasteiger partial charge in [-0.25, -0.2) is 4.79 Å². The largest absolute Gasteiger partial charge is 0.328 e. The van der Waals surface area contributed by atoms with Gasteiger partial charge in [0, 0.05) is 17.6 Å². The number of benzene rings is 1. The number of thiophene rings is 1. The molecule has 1 aromatic carbocycles. The van der Waals surface area contributed by atoms with Crippen LogP contribution in [-0.4, -0.2) is 20.8 Å². The Bertz CT molecular complexity index is 796. The van der Waals surface area contributed by atoms with Crippen molar-refractivity contribution in [2.24, 2.45) is 7.05 Å². The third-order valence-corrected chi connectivity index (χ3v) is 4.33. The van der Waals surface area contributed by atoms with Crippen molar-refractivity contribution in [3.63, 3.8) is 0 Å². The molecule has 2 heterocycles. The van der Waals surface area contributed by atoms with Gasteiger partial charge in [0.25, 0.3) is 0 Å². The second kappa shape index (κ2) is 6.62. The molecule has 0 radical (unpaired) electrons. The predicted molar refractivity (Wildman–Crippen MR) is 91.3 cm³/mol. The molecule has 0 fully saturated rings. The highest BCUT2D eigenvalue weighted by molar-refractivity contribution is 7.13. The molecule has 0 aliphatic rings. The lowest BCUT2D eigenvalue weighted by molar-refractivity contribution is 0.248. The van der Waals surface area contributed by atoms with Crippen LogP contribution in [0.1, 0.15) is 18.8 Å². The molecule has 6 nitrogen and oxygen atoms in total. The average molecular weight is 327 g/mol. The first-order chi connectivity index (χ1) is 11.1. The van der Waals surface area contributed by atoms with Crippen molar-refractivity contribution in [2.75, 3.05) is 5.32 Å². The summed E-state index contributed by atoms with van der Waals surface area (Å²) in [7, 11) is 1.84. The van der Waals surface area contributed by atoms with E-state index in [1.54, 1.807) is 22.2 Å². The number of carbonyl (C=O) groups is 1. The molecular formula is C16H17N5OS. The van der Waals surface area contributed by atoms with E-state index in [4.69, 9.17) is 0 Å². The van der Waals surface area contributed by atoms with Crippen molar-refractivity contribution in [3.05, 3.63) is 53.9 Å². The first-order valence-corrected chi connectivity index (χ1v) is 8.07. The van der Waals surface area contributed by atoms with Crippen LogP contribution in [0.2, 0.25) is 0 Å². The summed E-state index contributed by atoms with van der Waals surface area (Å²) < 4.78 is 1.78. The van der Waals surface area contributed by atoms with E-state index in [2.05, 4.69) is 26.9 Å². The van der Waals surface area contributed by atoms with E-state index >= 15 is 0 Å². The maximum atomic E-state index is 12.2. The van der Waals surface area contributed by atoms with E-state index in [-0.39, 0.29) is 12.1 Å². The van der Waals surface area contributed by atoms with Crippen LogP contribution in [0.3, 0.4) is 0 Å². The summed E-state index contributed by atoms with van der Waals surface area (Å²) in [6, 6.07) is 11.3. The Balaban J connectivity index is 1.66. The van der Waals surface area contributed by atoms with Gasteiger partial charge in [-0.3, -0.25) is 0 Å². The summed E-state index contributed by atoms with van der Waals surface area (Å²) >= 11 is 1.67. The van der Waals surface area contributed by atoms with Gasteiger partial charge in [-0.05, 0) is 36.1 Å². The number of amides is 2. The van der Waals surface area contributed by atoms with Crippen molar-refractivity contribution in [2.45, 2.75) is 13.0 Å². The molecule has 23 heavy (non-hydrogen) atoms. The second-order valence-electron chi connectivity index (χ2n) is 5.18. The van der Waals surface area contributed by atoms with E-state index in [9.17, 15) is 4.79 Å². The predicted octanol–water partition coefficient (Wildman–Crippen LogP) is 3.43. The molecular weight excluding hydrogens is 310 g/mol. The van der Waals surface area contributed by atoms with Crippen LogP contribution in [0.4, 0.5) is 10.5 Å². The summed E-state index contributed by atoms with van der Waals surface area (Å²) in [5, 5.41) is 15.6. The van der Waals surface area contributed by atoms with Gasteiger partial charge in [0.1, 0.15) is 6.33 Å². The van der Waals surface area contributed by atoms with Gasteiger partial charge in [0.2, 0.25) is 0 Å². The molecule has 0 saturated heterocycles. The number of carbonyl (C=O) groups excluding carboxylic acids is 1. The van der Waals surface area contributed by atoms with E-state index in [1.807, 2.05) is 49.7 Å². The zero-order valence-electron chi connectivity index (χ0n) is 12.9. The van der Waals surface area contributed by atoms with Crippen LogP contribution in [-0.2, 0) is 7.05 Å². The summed E-state index contributed by atoms with van der Waals surface area (Å²) in [4.78, 5) is 13.3. The van der Waals surface area contributed by atoms with Crippen molar-refractivity contribution in [1.82, 2.24) is 20.1 Å². The molecule has 0 saturated carbocycles. The fourth-order valence-electron chi connectivity index (χ4n) is 2.31. The molecule has 2 amide bonds. The van der Waals surface area contributed by atoms with E-state index in [0.29, 0.717) is 5.82 Å². The van der Waals surface area contributed by atoms with Crippen LogP contribution >= 0.6 is 11.3 Å². The highest BCUT2D eigenvalue weighted by Gasteiger charge is 2.14. The first kappa shape index (κ1) is 15.2. The SMILES string of the molecule is C[C@H](NC(=O)Nc1cccc(-c2cccs2)c1)c1nncn1C. The molecule has 0 spiro atoms. The number of urea groups is 1. The number of rotatable bonds is 4. The molecule has 0 aliphatic heterocycles. The Morgan fingerprint density at radius 1 is 1.30 bits per heavy atom. The minimum atomic E-state index is -0.274. The van der Waals surface area contributed by atoms with Gasteiger partial charge in [-0.15, -0.1) is 21.5 Å². The Hall–Kier alpha value is -2.67. The lowest BCUT2D eigenvalue weighted by atomic mass is 10.1.